The Hall–Kier alpha value is -0.900. The number of hydrogen-bond donors (Lipinski definition) is 2. The molecule has 0 amide bonds. The van der Waals surface area contributed by atoms with Gasteiger partial charge in [0.1, 0.15) is 0 Å². The topological polar surface area (TPSA) is 55.3 Å². The van der Waals surface area contributed by atoms with E-state index in [-0.39, 0.29) is 6.17 Å². The van der Waals surface area contributed by atoms with E-state index < -0.39 is 0 Å². The van der Waals surface area contributed by atoms with Crippen molar-refractivity contribution < 1.29 is 0 Å². The largest absolute Gasteiger partial charge is 0.328 e. The van der Waals surface area contributed by atoms with Crippen molar-refractivity contribution in [1.29, 1.82) is 0 Å². The molecule has 4 N–H and O–H groups in total. The fraction of sp³-hybridized carbons (Fsp3) is 0.739. The molecule has 1 unspecified atom stereocenters. The molecule has 1 atom stereocenters. The summed E-state index contributed by atoms with van der Waals surface area (Å²) in [4.78, 5) is 2.33. The van der Waals surface area contributed by atoms with Crippen molar-refractivity contribution >= 4 is 0 Å². The van der Waals surface area contributed by atoms with Crippen LogP contribution in [0.15, 0.2) is 30.3 Å². The Morgan fingerprint density at radius 2 is 1.27 bits per heavy atom. The zero-order chi connectivity index (χ0) is 18.9. The summed E-state index contributed by atoms with van der Waals surface area (Å²) in [5, 5.41) is 0. The molecule has 0 radical (unpaired) electrons. The van der Waals surface area contributed by atoms with Gasteiger partial charge in [0.2, 0.25) is 0 Å². The molecule has 150 valence electrons. The van der Waals surface area contributed by atoms with E-state index >= 15 is 0 Å². The van der Waals surface area contributed by atoms with Gasteiger partial charge in [0.05, 0.1) is 6.17 Å². The lowest BCUT2D eigenvalue weighted by atomic mass is 10.1. The van der Waals surface area contributed by atoms with Gasteiger partial charge in [0.25, 0.3) is 0 Å². The first-order valence-corrected chi connectivity index (χ1v) is 11.0. The third-order valence-electron chi connectivity index (χ3n) is 5.24. The Morgan fingerprint density at radius 1 is 0.769 bits per heavy atom. The van der Waals surface area contributed by atoms with Gasteiger partial charge < -0.3 is 11.5 Å². The third-order valence-corrected chi connectivity index (χ3v) is 5.24. The minimum absolute atomic E-state index is 0.0390. The zero-order valence-electron chi connectivity index (χ0n) is 17.2. The van der Waals surface area contributed by atoms with Crippen LogP contribution in [0, 0.1) is 0 Å². The van der Waals surface area contributed by atoms with Crippen LogP contribution in [0.3, 0.4) is 0 Å². The molecule has 1 aromatic rings. The Balaban J connectivity index is 2.04. The molecule has 0 saturated heterocycles. The molecular weight excluding hydrogens is 318 g/mol. The van der Waals surface area contributed by atoms with Gasteiger partial charge in [-0.25, -0.2) is 0 Å². The van der Waals surface area contributed by atoms with Crippen molar-refractivity contribution in [2.24, 2.45) is 11.5 Å². The molecule has 1 aromatic carbocycles. The average Bonchev–Trinajstić information content (AvgIpc) is 2.68. The standard InChI is InChI=1S/C23H43N3/c1-2-3-4-5-6-7-8-9-10-11-12-16-19-26(23(25)20-24)21-22-17-14-13-15-18-22/h13-15,17-18,23H,2-12,16,19-21,24-25H2,1H3. The molecule has 3 nitrogen and oxygen atoms in total. The molecule has 0 saturated carbocycles. The highest BCUT2D eigenvalue weighted by atomic mass is 15.2. The van der Waals surface area contributed by atoms with Crippen LogP contribution in [-0.2, 0) is 6.54 Å². The van der Waals surface area contributed by atoms with E-state index in [2.05, 4.69) is 42.2 Å². The van der Waals surface area contributed by atoms with Crippen LogP contribution in [0.4, 0.5) is 0 Å². The molecule has 0 fully saturated rings. The van der Waals surface area contributed by atoms with E-state index in [4.69, 9.17) is 11.5 Å². The van der Waals surface area contributed by atoms with Crippen LogP contribution in [0.25, 0.3) is 0 Å². The molecule has 0 bridgehead atoms. The summed E-state index contributed by atoms with van der Waals surface area (Å²) in [6, 6.07) is 10.6. The summed E-state index contributed by atoms with van der Waals surface area (Å²) in [6.45, 7) is 4.75. The lowest BCUT2D eigenvalue weighted by Crippen LogP contribution is -2.47. The van der Waals surface area contributed by atoms with Gasteiger partial charge in [-0.1, -0.05) is 108 Å². The van der Waals surface area contributed by atoms with Crippen LogP contribution < -0.4 is 11.5 Å². The van der Waals surface area contributed by atoms with Crippen molar-refractivity contribution in [2.75, 3.05) is 13.1 Å². The molecule has 0 aliphatic rings. The Bertz CT molecular complexity index is 407. The Morgan fingerprint density at radius 3 is 1.77 bits per heavy atom. The fourth-order valence-corrected chi connectivity index (χ4v) is 3.49. The maximum atomic E-state index is 6.21. The molecule has 0 aromatic heterocycles. The lowest BCUT2D eigenvalue weighted by molar-refractivity contribution is 0.191. The maximum absolute atomic E-state index is 6.21. The first kappa shape index (κ1) is 23.1. The maximum Gasteiger partial charge on any atom is 0.0701 e. The van der Waals surface area contributed by atoms with Gasteiger partial charge in [-0.05, 0) is 12.0 Å². The van der Waals surface area contributed by atoms with Crippen LogP contribution in [0.5, 0.6) is 0 Å². The van der Waals surface area contributed by atoms with Crippen LogP contribution in [0.1, 0.15) is 89.5 Å². The molecule has 0 aliphatic carbocycles. The molecule has 26 heavy (non-hydrogen) atoms. The first-order valence-electron chi connectivity index (χ1n) is 11.0. The van der Waals surface area contributed by atoms with Crippen molar-refractivity contribution in [3.63, 3.8) is 0 Å². The highest BCUT2D eigenvalue weighted by molar-refractivity contribution is 5.14. The number of benzene rings is 1. The van der Waals surface area contributed by atoms with E-state index in [9.17, 15) is 0 Å². The number of nitrogens with zero attached hydrogens (tertiary/aromatic N) is 1. The summed E-state index contributed by atoms with van der Waals surface area (Å²) in [6.07, 6.45) is 16.5. The first-order chi connectivity index (χ1) is 12.8. The minimum Gasteiger partial charge on any atom is -0.328 e. The molecule has 0 spiro atoms. The average molecular weight is 362 g/mol. The smallest absolute Gasteiger partial charge is 0.0701 e. The SMILES string of the molecule is CCCCCCCCCCCCCCN(Cc1ccccc1)C(N)CN. The molecule has 0 aliphatic heterocycles. The molecular formula is C23H43N3. The number of rotatable bonds is 17. The molecule has 0 heterocycles. The Kier molecular flexibility index (Phi) is 14.5. The highest BCUT2D eigenvalue weighted by Crippen LogP contribution is 2.13. The van der Waals surface area contributed by atoms with Crippen molar-refractivity contribution in [2.45, 2.75) is 96.7 Å². The second kappa shape index (κ2) is 16.3. The third kappa shape index (κ3) is 11.7. The number of nitrogens with two attached hydrogens (primary N) is 2. The summed E-state index contributed by atoms with van der Waals surface area (Å²) in [7, 11) is 0. The number of hydrogen-bond acceptors (Lipinski definition) is 3. The predicted octanol–water partition coefficient (Wildman–Crippen LogP) is 5.43. The van der Waals surface area contributed by atoms with Crippen molar-refractivity contribution in [3.8, 4) is 0 Å². The molecule has 3 heteroatoms. The van der Waals surface area contributed by atoms with Gasteiger partial charge in [-0.15, -0.1) is 0 Å². The van der Waals surface area contributed by atoms with Gasteiger partial charge in [0.15, 0.2) is 0 Å². The van der Waals surface area contributed by atoms with E-state index in [1.807, 2.05) is 0 Å². The quantitative estimate of drug-likeness (QED) is 0.287. The van der Waals surface area contributed by atoms with Gasteiger partial charge in [-0.3, -0.25) is 4.90 Å². The Labute approximate surface area is 162 Å². The minimum atomic E-state index is -0.0390. The van der Waals surface area contributed by atoms with E-state index in [0.717, 1.165) is 13.1 Å². The van der Waals surface area contributed by atoms with Crippen LogP contribution >= 0.6 is 0 Å². The highest BCUT2D eigenvalue weighted by Gasteiger charge is 2.12. The van der Waals surface area contributed by atoms with E-state index in [1.165, 1.54) is 82.6 Å². The number of unbranched alkanes of at least 4 members (excludes halogenated alkanes) is 11. The van der Waals surface area contributed by atoms with E-state index in [0.29, 0.717) is 6.54 Å². The fourth-order valence-electron chi connectivity index (χ4n) is 3.49. The lowest BCUT2D eigenvalue weighted by Gasteiger charge is -2.28. The second-order valence-corrected chi connectivity index (χ2v) is 7.65. The summed E-state index contributed by atoms with van der Waals surface area (Å²) >= 11 is 0. The monoisotopic (exact) mass is 361 g/mol. The normalized spacial score (nSPS) is 12.6. The summed E-state index contributed by atoms with van der Waals surface area (Å²) < 4.78 is 0. The zero-order valence-corrected chi connectivity index (χ0v) is 17.2. The van der Waals surface area contributed by atoms with Crippen LogP contribution in [-0.4, -0.2) is 24.2 Å². The summed E-state index contributed by atoms with van der Waals surface area (Å²) in [5.74, 6) is 0. The van der Waals surface area contributed by atoms with Gasteiger partial charge in [0, 0.05) is 19.6 Å². The van der Waals surface area contributed by atoms with E-state index in [1.54, 1.807) is 0 Å². The summed E-state index contributed by atoms with van der Waals surface area (Å²) in [5.41, 5.74) is 13.3. The van der Waals surface area contributed by atoms with Gasteiger partial charge >= 0.3 is 0 Å². The second-order valence-electron chi connectivity index (χ2n) is 7.65. The van der Waals surface area contributed by atoms with Crippen molar-refractivity contribution in [3.05, 3.63) is 35.9 Å². The van der Waals surface area contributed by atoms with Crippen LogP contribution in [0.2, 0.25) is 0 Å². The predicted molar refractivity (Wildman–Crippen MR) is 115 cm³/mol. The van der Waals surface area contributed by atoms with Crippen molar-refractivity contribution in [1.82, 2.24) is 4.90 Å². The molecule has 1 rings (SSSR count). The van der Waals surface area contributed by atoms with Gasteiger partial charge in [-0.2, -0.15) is 0 Å².